The number of aliphatic hydroxyl groups excluding tert-OH is 1. The smallest absolute Gasteiger partial charge is 0.105 e. The summed E-state index contributed by atoms with van der Waals surface area (Å²) in [6, 6.07) is 29.3. The quantitative estimate of drug-likeness (QED) is 0.510. The minimum absolute atomic E-state index is 0.607. The number of benzene rings is 4. The van der Waals surface area contributed by atoms with E-state index in [0.29, 0.717) is 0 Å². The summed E-state index contributed by atoms with van der Waals surface area (Å²) in [4.78, 5) is 0. The van der Waals surface area contributed by atoms with Gasteiger partial charge in [-0.2, -0.15) is 0 Å². The molecule has 0 aliphatic heterocycles. The summed E-state index contributed by atoms with van der Waals surface area (Å²) in [5.41, 5.74) is 7.11. The average Bonchev–Trinajstić information content (AvgIpc) is 3.14. The maximum Gasteiger partial charge on any atom is 0.105 e. The lowest BCUT2D eigenvalue weighted by Crippen LogP contribution is -2.01. The maximum atomic E-state index is 11.1. The standard InChI is InChI=1S/C25H20O/c26-25(21-13-9-18(10-14-21)17-5-2-1-3-6-17)23-16-15-20-12-11-19-7-4-8-22(23)24(19)20/h1-10,13-16,25-26H,11-12H2/t25-/m1/s1. The van der Waals surface area contributed by atoms with Crippen LogP contribution in [0.4, 0.5) is 0 Å². The van der Waals surface area contributed by atoms with Crippen molar-refractivity contribution in [3.05, 3.63) is 107 Å². The summed E-state index contributed by atoms with van der Waals surface area (Å²) in [7, 11) is 0. The van der Waals surface area contributed by atoms with Crippen LogP contribution < -0.4 is 0 Å². The van der Waals surface area contributed by atoms with Gasteiger partial charge in [0.2, 0.25) is 0 Å². The lowest BCUT2D eigenvalue weighted by atomic mass is 9.93. The first-order valence-corrected chi connectivity index (χ1v) is 9.18. The first-order valence-electron chi connectivity index (χ1n) is 9.18. The van der Waals surface area contributed by atoms with Crippen LogP contribution in [0.2, 0.25) is 0 Å². The van der Waals surface area contributed by atoms with Gasteiger partial charge in [0.25, 0.3) is 0 Å². The van der Waals surface area contributed by atoms with Gasteiger partial charge in [-0.05, 0) is 57.0 Å². The number of rotatable bonds is 3. The summed E-state index contributed by atoms with van der Waals surface area (Å²) in [6.07, 6.45) is 1.61. The Morgan fingerprint density at radius 2 is 1.31 bits per heavy atom. The highest BCUT2D eigenvalue weighted by atomic mass is 16.3. The Balaban J connectivity index is 1.55. The highest BCUT2D eigenvalue weighted by Gasteiger charge is 2.19. The molecule has 126 valence electrons. The number of hydrogen-bond acceptors (Lipinski definition) is 1. The first kappa shape index (κ1) is 15.4. The van der Waals surface area contributed by atoms with Crippen LogP contribution in [-0.4, -0.2) is 5.11 Å². The summed E-state index contributed by atoms with van der Waals surface area (Å²) in [6.45, 7) is 0. The topological polar surface area (TPSA) is 20.2 Å². The first-order chi connectivity index (χ1) is 12.8. The molecule has 4 aromatic carbocycles. The van der Waals surface area contributed by atoms with Crippen LogP contribution in [0.5, 0.6) is 0 Å². The van der Waals surface area contributed by atoms with Crippen molar-refractivity contribution >= 4 is 10.8 Å². The Labute approximate surface area is 153 Å². The van der Waals surface area contributed by atoms with Gasteiger partial charge < -0.3 is 5.11 Å². The Hall–Kier alpha value is -2.90. The zero-order valence-corrected chi connectivity index (χ0v) is 14.5. The van der Waals surface area contributed by atoms with Crippen LogP contribution in [0.25, 0.3) is 21.9 Å². The number of hydrogen-bond donors (Lipinski definition) is 1. The zero-order chi connectivity index (χ0) is 17.5. The number of aryl methyl sites for hydroxylation is 2. The predicted molar refractivity (Wildman–Crippen MR) is 107 cm³/mol. The van der Waals surface area contributed by atoms with Crippen molar-refractivity contribution in [1.29, 1.82) is 0 Å². The van der Waals surface area contributed by atoms with Crippen molar-refractivity contribution in [3.63, 3.8) is 0 Å². The Morgan fingerprint density at radius 3 is 2.08 bits per heavy atom. The molecule has 0 bridgehead atoms. The fourth-order valence-corrected chi connectivity index (χ4v) is 4.18. The van der Waals surface area contributed by atoms with E-state index in [1.165, 1.54) is 33.0 Å². The molecular weight excluding hydrogens is 316 g/mol. The molecule has 0 aromatic heterocycles. The molecule has 0 amide bonds. The molecule has 1 nitrogen and oxygen atoms in total. The van der Waals surface area contributed by atoms with Crippen molar-refractivity contribution in [2.75, 3.05) is 0 Å². The molecule has 0 radical (unpaired) electrons. The van der Waals surface area contributed by atoms with Gasteiger partial charge in [0, 0.05) is 0 Å². The Kier molecular flexibility index (Phi) is 3.62. The Morgan fingerprint density at radius 1 is 0.615 bits per heavy atom. The number of aliphatic hydroxyl groups is 1. The zero-order valence-electron chi connectivity index (χ0n) is 14.5. The largest absolute Gasteiger partial charge is 0.384 e. The molecule has 1 atom stereocenters. The molecule has 0 saturated carbocycles. The molecule has 1 N–H and O–H groups in total. The minimum Gasteiger partial charge on any atom is -0.384 e. The molecule has 0 fully saturated rings. The van der Waals surface area contributed by atoms with E-state index in [2.05, 4.69) is 54.6 Å². The average molecular weight is 336 g/mol. The molecule has 0 heterocycles. The van der Waals surface area contributed by atoms with E-state index in [1.807, 2.05) is 30.3 Å². The normalized spacial score (nSPS) is 13.9. The lowest BCUT2D eigenvalue weighted by Gasteiger charge is -2.16. The van der Waals surface area contributed by atoms with E-state index >= 15 is 0 Å². The highest BCUT2D eigenvalue weighted by Crippen LogP contribution is 2.36. The lowest BCUT2D eigenvalue weighted by molar-refractivity contribution is 0.222. The van der Waals surface area contributed by atoms with Crippen LogP contribution in [-0.2, 0) is 12.8 Å². The van der Waals surface area contributed by atoms with Gasteiger partial charge in [-0.3, -0.25) is 0 Å². The van der Waals surface area contributed by atoms with Gasteiger partial charge in [-0.1, -0.05) is 84.9 Å². The molecule has 4 aromatic rings. The molecule has 0 saturated heterocycles. The van der Waals surface area contributed by atoms with Crippen molar-refractivity contribution in [2.24, 2.45) is 0 Å². The third-order valence-corrected chi connectivity index (χ3v) is 5.54. The van der Waals surface area contributed by atoms with E-state index in [0.717, 1.165) is 24.0 Å². The van der Waals surface area contributed by atoms with Crippen molar-refractivity contribution in [3.8, 4) is 11.1 Å². The third-order valence-electron chi connectivity index (χ3n) is 5.54. The van der Waals surface area contributed by atoms with E-state index in [1.54, 1.807) is 0 Å². The Bertz CT molecular complexity index is 1070. The van der Waals surface area contributed by atoms with Gasteiger partial charge in [0.05, 0.1) is 0 Å². The van der Waals surface area contributed by atoms with E-state index in [4.69, 9.17) is 0 Å². The molecule has 1 heteroatoms. The van der Waals surface area contributed by atoms with Gasteiger partial charge in [-0.25, -0.2) is 0 Å². The molecule has 1 aliphatic rings. The van der Waals surface area contributed by atoms with Gasteiger partial charge in [0.15, 0.2) is 0 Å². The molecule has 0 unspecified atom stereocenters. The summed E-state index contributed by atoms with van der Waals surface area (Å²) < 4.78 is 0. The summed E-state index contributed by atoms with van der Waals surface area (Å²) >= 11 is 0. The monoisotopic (exact) mass is 336 g/mol. The van der Waals surface area contributed by atoms with Gasteiger partial charge >= 0.3 is 0 Å². The third kappa shape index (κ3) is 2.44. The predicted octanol–water partition coefficient (Wildman–Crippen LogP) is 5.69. The van der Waals surface area contributed by atoms with Gasteiger partial charge in [-0.15, -0.1) is 0 Å². The van der Waals surface area contributed by atoms with Crippen LogP contribution in [0.15, 0.2) is 84.9 Å². The molecule has 5 rings (SSSR count). The van der Waals surface area contributed by atoms with E-state index in [-0.39, 0.29) is 0 Å². The molecule has 26 heavy (non-hydrogen) atoms. The molecule has 0 spiro atoms. The van der Waals surface area contributed by atoms with Crippen LogP contribution in [0.1, 0.15) is 28.4 Å². The van der Waals surface area contributed by atoms with Crippen molar-refractivity contribution in [2.45, 2.75) is 18.9 Å². The fourth-order valence-electron chi connectivity index (χ4n) is 4.18. The van der Waals surface area contributed by atoms with Crippen LogP contribution in [0, 0.1) is 0 Å². The van der Waals surface area contributed by atoms with Gasteiger partial charge in [0.1, 0.15) is 6.10 Å². The van der Waals surface area contributed by atoms with Crippen molar-refractivity contribution < 1.29 is 5.11 Å². The second-order valence-electron chi connectivity index (χ2n) is 7.04. The van der Waals surface area contributed by atoms with E-state index in [9.17, 15) is 5.11 Å². The fraction of sp³-hybridized carbons (Fsp3) is 0.120. The highest BCUT2D eigenvalue weighted by molar-refractivity contribution is 5.93. The minimum atomic E-state index is -0.607. The second kappa shape index (κ2) is 6.12. The van der Waals surface area contributed by atoms with Crippen LogP contribution >= 0.6 is 0 Å². The molecule has 1 aliphatic carbocycles. The molecular formula is C25H20O. The van der Waals surface area contributed by atoms with Crippen molar-refractivity contribution in [1.82, 2.24) is 0 Å². The van der Waals surface area contributed by atoms with Crippen LogP contribution in [0.3, 0.4) is 0 Å². The maximum absolute atomic E-state index is 11.1. The second-order valence-corrected chi connectivity index (χ2v) is 7.04. The summed E-state index contributed by atoms with van der Waals surface area (Å²) in [5.74, 6) is 0. The SMILES string of the molecule is O[C@H](c1ccc(-c2ccccc2)cc1)c1ccc2c3c(cccc13)CC2. The summed E-state index contributed by atoms with van der Waals surface area (Å²) in [5, 5.41) is 13.6. The van der Waals surface area contributed by atoms with E-state index < -0.39 is 6.10 Å².